The Kier molecular flexibility index (Phi) is 6.82. The second-order valence-corrected chi connectivity index (χ2v) is 4.99. The van der Waals surface area contributed by atoms with Crippen LogP contribution in [-0.2, 0) is 4.74 Å². The SMILES string of the molecule is CCCNCC(OCC(F)(F)F)c1ccccc1Br. The van der Waals surface area contributed by atoms with Gasteiger partial charge in [0.25, 0.3) is 0 Å². The van der Waals surface area contributed by atoms with Gasteiger partial charge >= 0.3 is 6.18 Å². The van der Waals surface area contributed by atoms with Crippen molar-refractivity contribution in [3.63, 3.8) is 0 Å². The predicted molar refractivity (Wildman–Crippen MR) is 72.1 cm³/mol. The molecular formula is C13H17BrF3NO. The molecular weight excluding hydrogens is 323 g/mol. The minimum atomic E-state index is -4.32. The summed E-state index contributed by atoms with van der Waals surface area (Å²) >= 11 is 3.34. The molecule has 0 spiro atoms. The minimum absolute atomic E-state index is 0.354. The molecule has 1 rings (SSSR count). The van der Waals surface area contributed by atoms with Crippen molar-refractivity contribution < 1.29 is 17.9 Å². The van der Waals surface area contributed by atoms with Gasteiger partial charge in [-0.3, -0.25) is 0 Å². The Labute approximate surface area is 119 Å². The zero-order valence-corrected chi connectivity index (χ0v) is 12.2. The number of hydrogen-bond donors (Lipinski definition) is 1. The van der Waals surface area contributed by atoms with Crippen LogP contribution in [0.1, 0.15) is 25.0 Å². The Morgan fingerprint density at radius 3 is 2.58 bits per heavy atom. The third-order valence-corrected chi connectivity index (χ3v) is 3.18. The van der Waals surface area contributed by atoms with Crippen molar-refractivity contribution in [1.29, 1.82) is 0 Å². The molecule has 0 saturated carbocycles. The molecule has 1 aromatic carbocycles. The molecule has 1 atom stereocenters. The lowest BCUT2D eigenvalue weighted by Crippen LogP contribution is -2.27. The number of ether oxygens (including phenoxy) is 1. The molecule has 0 amide bonds. The molecule has 0 radical (unpaired) electrons. The average molecular weight is 340 g/mol. The Morgan fingerprint density at radius 1 is 1.32 bits per heavy atom. The van der Waals surface area contributed by atoms with E-state index in [1.165, 1.54) is 0 Å². The first-order valence-corrected chi connectivity index (χ1v) is 6.87. The first kappa shape index (κ1) is 16.5. The lowest BCUT2D eigenvalue weighted by molar-refractivity contribution is -0.185. The normalized spacial score (nSPS) is 13.5. The number of alkyl halides is 3. The van der Waals surface area contributed by atoms with Crippen molar-refractivity contribution in [3.05, 3.63) is 34.3 Å². The molecule has 0 fully saturated rings. The molecule has 0 aliphatic heterocycles. The van der Waals surface area contributed by atoms with E-state index in [2.05, 4.69) is 21.2 Å². The van der Waals surface area contributed by atoms with Gasteiger partial charge in [0.05, 0.1) is 6.10 Å². The van der Waals surface area contributed by atoms with Crippen molar-refractivity contribution in [2.45, 2.75) is 25.6 Å². The molecule has 0 saturated heterocycles. The van der Waals surface area contributed by atoms with Crippen LogP contribution in [0.25, 0.3) is 0 Å². The van der Waals surface area contributed by atoms with Crippen LogP contribution in [0, 0.1) is 0 Å². The molecule has 1 N–H and O–H groups in total. The van der Waals surface area contributed by atoms with Crippen molar-refractivity contribution in [3.8, 4) is 0 Å². The van der Waals surface area contributed by atoms with E-state index in [1.807, 2.05) is 13.0 Å². The highest BCUT2D eigenvalue weighted by molar-refractivity contribution is 9.10. The molecule has 0 aliphatic carbocycles. The highest BCUT2D eigenvalue weighted by Gasteiger charge is 2.30. The summed E-state index contributed by atoms with van der Waals surface area (Å²) in [5, 5.41) is 3.08. The summed E-state index contributed by atoms with van der Waals surface area (Å²) in [5.74, 6) is 0. The molecule has 0 aliphatic rings. The summed E-state index contributed by atoms with van der Waals surface area (Å²) in [6.07, 6.45) is -4.02. The van der Waals surface area contributed by atoms with Crippen molar-refractivity contribution >= 4 is 15.9 Å². The van der Waals surface area contributed by atoms with Crippen LogP contribution >= 0.6 is 15.9 Å². The second kappa shape index (κ2) is 7.87. The minimum Gasteiger partial charge on any atom is -0.363 e. The molecule has 0 heterocycles. The molecule has 0 bridgehead atoms. The second-order valence-electron chi connectivity index (χ2n) is 4.14. The predicted octanol–water partition coefficient (Wildman–Crippen LogP) is 4.07. The summed E-state index contributed by atoms with van der Waals surface area (Å²) in [7, 11) is 0. The van der Waals surface area contributed by atoms with Gasteiger partial charge in [-0.2, -0.15) is 13.2 Å². The van der Waals surface area contributed by atoms with Crippen LogP contribution < -0.4 is 5.32 Å². The number of benzene rings is 1. The maximum Gasteiger partial charge on any atom is 0.411 e. The van der Waals surface area contributed by atoms with Crippen molar-refractivity contribution in [2.24, 2.45) is 0 Å². The fourth-order valence-electron chi connectivity index (χ4n) is 1.60. The van der Waals surface area contributed by atoms with Crippen LogP contribution in [0.2, 0.25) is 0 Å². The molecule has 0 aromatic heterocycles. The third-order valence-electron chi connectivity index (χ3n) is 2.46. The molecule has 1 unspecified atom stereocenters. The smallest absolute Gasteiger partial charge is 0.363 e. The first-order chi connectivity index (χ1) is 8.94. The number of hydrogen-bond acceptors (Lipinski definition) is 2. The molecule has 19 heavy (non-hydrogen) atoms. The maximum atomic E-state index is 12.3. The summed E-state index contributed by atoms with van der Waals surface area (Å²) < 4.78 is 42.5. The first-order valence-electron chi connectivity index (χ1n) is 6.07. The number of nitrogens with one attached hydrogen (secondary N) is 1. The van der Waals surface area contributed by atoms with Crippen molar-refractivity contribution in [2.75, 3.05) is 19.7 Å². The zero-order chi connectivity index (χ0) is 14.3. The molecule has 108 valence electrons. The topological polar surface area (TPSA) is 21.3 Å². The molecule has 1 aromatic rings. The van der Waals surface area contributed by atoms with E-state index in [-0.39, 0.29) is 0 Å². The van der Waals surface area contributed by atoms with Gasteiger partial charge < -0.3 is 10.1 Å². The fourth-order valence-corrected chi connectivity index (χ4v) is 2.14. The van der Waals surface area contributed by atoms with Crippen LogP contribution in [-0.4, -0.2) is 25.9 Å². The summed E-state index contributed by atoms with van der Waals surface area (Å²) in [5.41, 5.74) is 0.718. The van der Waals surface area contributed by atoms with Gasteiger partial charge in [0, 0.05) is 11.0 Å². The van der Waals surface area contributed by atoms with Crippen LogP contribution in [0.5, 0.6) is 0 Å². The Hall–Kier alpha value is -0.590. The van der Waals surface area contributed by atoms with Gasteiger partial charge in [-0.1, -0.05) is 41.1 Å². The van der Waals surface area contributed by atoms with Crippen LogP contribution in [0.15, 0.2) is 28.7 Å². The maximum absolute atomic E-state index is 12.3. The average Bonchev–Trinajstić information content (AvgIpc) is 2.33. The van der Waals surface area contributed by atoms with E-state index >= 15 is 0 Å². The summed E-state index contributed by atoms with van der Waals surface area (Å²) in [6, 6.07) is 7.15. The zero-order valence-electron chi connectivity index (χ0n) is 10.6. The van der Waals surface area contributed by atoms with Crippen molar-refractivity contribution in [1.82, 2.24) is 5.32 Å². The lowest BCUT2D eigenvalue weighted by Gasteiger charge is -2.21. The quantitative estimate of drug-likeness (QED) is 0.756. The number of rotatable bonds is 7. The van der Waals surface area contributed by atoms with Crippen LogP contribution in [0.3, 0.4) is 0 Å². The summed E-state index contributed by atoms with van der Waals surface area (Å²) in [6.45, 7) is 1.85. The van der Waals surface area contributed by atoms with Gasteiger partial charge in [0.15, 0.2) is 0 Å². The van der Waals surface area contributed by atoms with Crippen LogP contribution in [0.4, 0.5) is 13.2 Å². The van der Waals surface area contributed by atoms with E-state index in [4.69, 9.17) is 4.74 Å². The molecule has 6 heteroatoms. The van der Waals surface area contributed by atoms with E-state index < -0.39 is 18.9 Å². The Balaban J connectivity index is 2.71. The van der Waals surface area contributed by atoms with E-state index in [0.717, 1.165) is 23.0 Å². The van der Waals surface area contributed by atoms with Gasteiger partial charge in [0.2, 0.25) is 0 Å². The van der Waals surface area contributed by atoms with Gasteiger partial charge in [-0.15, -0.1) is 0 Å². The monoisotopic (exact) mass is 339 g/mol. The van der Waals surface area contributed by atoms with Gasteiger partial charge in [-0.25, -0.2) is 0 Å². The van der Waals surface area contributed by atoms with E-state index in [1.54, 1.807) is 18.2 Å². The van der Waals surface area contributed by atoms with E-state index in [9.17, 15) is 13.2 Å². The highest BCUT2D eigenvalue weighted by atomic mass is 79.9. The fraction of sp³-hybridized carbons (Fsp3) is 0.538. The summed E-state index contributed by atoms with van der Waals surface area (Å²) in [4.78, 5) is 0. The Bertz CT molecular complexity index is 384. The number of halogens is 4. The molecule has 2 nitrogen and oxygen atoms in total. The third kappa shape index (κ3) is 6.40. The Morgan fingerprint density at radius 2 is 2.00 bits per heavy atom. The van der Waals surface area contributed by atoms with Gasteiger partial charge in [-0.05, 0) is 24.6 Å². The highest BCUT2D eigenvalue weighted by Crippen LogP contribution is 2.27. The van der Waals surface area contributed by atoms with Gasteiger partial charge in [0.1, 0.15) is 6.61 Å². The standard InChI is InChI=1S/C13H17BrF3NO/c1-2-7-18-8-12(19-9-13(15,16)17)10-5-3-4-6-11(10)14/h3-6,12,18H,2,7-9H2,1H3. The lowest BCUT2D eigenvalue weighted by atomic mass is 10.1. The largest absolute Gasteiger partial charge is 0.411 e. The van der Waals surface area contributed by atoms with E-state index in [0.29, 0.717) is 6.54 Å².